The zero-order valence-corrected chi connectivity index (χ0v) is 11.7. The summed E-state index contributed by atoms with van der Waals surface area (Å²) in [6.07, 6.45) is 0. The number of nitrogens with two attached hydrogens (primary N) is 1. The second kappa shape index (κ2) is 5.92. The summed E-state index contributed by atoms with van der Waals surface area (Å²) in [7, 11) is 0. The number of anilines is 1. The zero-order chi connectivity index (χ0) is 14.7. The SMILES string of the molecule is Nc1n[nH]c(C(=O)N2CCN(Cc3ccccc3)CC2)n1. The van der Waals surface area contributed by atoms with Crippen LogP contribution in [0.3, 0.4) is 0 Å². The Bertz CT molecular complexity index is 603. The minimum atomic E-state index is -0.140. The van der Waals surface area contributed by atoms with Gasteiger partial charge >= 0.3 is 0 Å². The summed E-state index contributed by atoms with van der Waals surface area (Å²) < 4.78 is 0. The van der Waals surface area contributed by atoms with Crippen LogP contribution in [0.1, 0.15) is 16.2 Å². The molecule has 1 fully saturated rings. The van der Waals surface area contributed by atoms with Crippen molar-refractivity contribution in [3.05, 3.63) is 41.7 Å². The van der Waals surface area contributed by atoms with E-state index in [4.69, 9.17) is 5.73 Å². The van der Waals surface area contributed by atoms with Crippen molar-refractivity contribution < 1.29 is 4.79 Å². The normalized spacial score (nSPS) is 16.1. The number of hydrogen-bond donors (Lipinski definition) is 2. The van der Waals surface area contributed by atoms with Crippen molar-refractivity contribution in [3.63, 3.8) is 0 Å². The molecule has 110 valence electrons. The van der Waals surface area contributed by atoms with Gasteiger partial charge in [0.15, 0.2) is 0 Å². The highest BCUT2D eigenvalue weighted by molar-refractivity contribution is 5.90. The van der Waals surface area contributed by atoms with Crippen LogP contribution in [-0.4, -0.2) is 57.1 Å². The fraction of sp³-hybridized carbons (Fsp3) is 0.357. The van der Waals surface area contributed by atoms with E-state index in [1.165, 1.54) is 5.56 Å². The molecule has 2 heterocycles. The van der Waals surface area contributed by atoms with Gasteiger partial charge < -0.3 is 10.6 Å². The monoisotopic (exact) mass is 286 g/mol. The molecule has 1 saturated heterocycles. The number of nitrogens with one attached hydrogen (secondary N) is 1. The molecule has 0 spiro atoms. The van der Waals surface area contributed by atoms with Crippen molar-refractivity contribution >= 4 is 11.9 Å². The molecule has 1 aromatic heterocycles. The predicted molar refractivity (Wildman–Crippen MR) is 78.4 cm³/mol. The number of carbonyl (C=O) groups is 1. The van der Waals surface area contributed by atoms with Gasteiger partial charge in [-0.2, -0.15) is 4.98 Å². The summed E-state index contributed by atoms with van der Waals surface area (Å²) in [4.78, 5) is 20.2. The van der Waals surface area contributed by atoms with Crippen molar-refractivity contribution in [2.24, 2.45) is 0 Å². The molecular weight excluding hydrogens is 268 g/mol. The third kappa shape index (κ3) is 3.19. The van der Waals surface area contributed by atoms with E-state index in [1.54, 1.807) is 4.90 Å². The predicted octanol–water partition coefficient (Wildman–Crippen LogP) is 0.345. The molecule has 0 saturated carbocycles. The van der Waals surface area contributed by atoms with Crippen LogP contribution in [0.5, 0.6) is 0 Å². The molecule has 1 aromatic carbocycles. The lowest BCUT2D eigenvalue weighted by Gasteiger charge is -2.34. The first-order valence-corrected chi connectivity index (χ1v) is 6.96. The van der Waals surface area contributed by atoms with Gasteiger partial charge in [-0.1, -0.05) is 30.3 Å². The fourth-order valence-corrected chi connectivity index (χ4v) is 2.47. The van der Waals surface area contributed by atoms with Gasteiger partial charge in [0.1, 0.15) is 0 Å². The van der Waals surface area contributed by atoms with Crippen LogP contribution in [0.15, 0.2) is 30.3 Å². The Labute approximate surface area is 122 Å². The van der Waals surface area contributed by atoms with Crippen molar-refractivity contribution in [1.29, 1.82) is 0 Å². The lowest BCUT2D eigenvalue weighted by atomic mass is 10.2. The minimum absolute atomic E-state index is 0.0982. The van der Waals surface area contributed by atoms with Crippen LogP contribution in [-0.2, 0) is 6.54 Å². The number of hydrogen-bond acceptors (Lipinski definition) is 5. The standard InChI is InChI=1S/C14H18N6O/c15-14-16-12(17-18-14)13(21)20-8-6-19(7-9-20)10-11-4-2-1-3-5-11/h1-5H,6-10H2,(H3,15,16,17,18). The molecule has 1 aliphatic heterocycles. The lowest BCUT2D eigenvalue weighted by molar-refractivity contribution is 0.0617. The summed E-state index contributed by atoms with van der Waals surface area (Å²) in [5, 5.41) is 6.25. The maximum absolute atomic E-state index is 12.2. The van der Waals surface area contributed by atoms with Crippen molar-refractivity contribution in [3.8, 4) is 0 Å². The summed E-state index contributed by atoms with van der Waals surface area (Å²) in [6, 6.07) is 10.3. The van der Waals surface area contributed by atoms with Gasteiger partial charge in [-0.15, -0.1) is 5.10 Å². The number of aromatic nitrogens is 3. The van der Waals surface area contributed by atoms with Crippen LogP contribution in [0.4, 0.5) is 5.95 Å². The Morgan fingerprint density at radius 1 is 1.19 bits per heavy atom. The maximum Gasteiger partial charge on any atom is 0.291 e. The number of amides is 1. The minimum Gasteiger partial charge on any atom is -0.366 e. The summed E-state index contributed by atoms with van der Waals surface area (Å²) in [6.45, 7) is 3.99. The zero-order valence-electron chi connectivity index (χ0n) is 11.7. The van der Waals surface area contributed by atoms with E-state index in [0.717, 1.165) is 19.6 Å². The largest absolute Gasteiger partial charge is 0.366 e. The number of aromatic amines is 1. The number of benzene rings is 1. The molecule has 3 N–H and O–H groups in total. The smallest absolute Gasteiger partial charge is 0.291 e. The Kier molecular flexibility index (Phi) is 3.83. The first-order valence-electron chi connectivity index (χ1n) is 6.96. The highest BCUT2D eigenvalue weighted by atomic mass is 16.2. The van der Waals surface area contributed by atoms with Gasteiger partial charge in [0.2, 0.25) is 11.8 Å². The van der Waals surface area contributed by atoms with Gasteiger partial charge in [0.05, 0.1) is 0 Å². The van der Waals surface area contributed by atoms with Gasteiger partial charge in [-0.05, 0) is 5.56 Å². The number of nitrogen functional groups attached to an aromatic ring is 1. The van der Waals surface area contributed by atoms with E-state index in [2.05, 4.69) is 32.2 Å². The Morgan fingerprint density at radius 2 is 1.90 bits per heavy atom. The van der Waals surface area contributed by atoms with E-state index >= 15 is 0 Å². The summed E-state index contributed by atoms with van der Waals surface area (Å²) in [5.41, 5.74) is 6.71. The second-order valence-electron chi connectivity index (χ2n) is 5.10. The second-order valence-corrected chi connectivity index (χ2v) is 5.10. The molecule has 1 amide bonds. The van der Waals surface area contributed by atoms with Crippen LogP contribution in [0.25, 0.3) is 0 Å². The third-order valence-electron chi connectivity index (χ3n) is 3.61. The molecule has 7 heteroatoms. The van der Waals surface area contributed by atoms with E-state index < -0.39 is 0 Å². The first kappa shape index (κ1) is 13.6. The Morgan fingerprint density at radius 3 is 2.52 bits per heavy atom. The molecular formula is C14H18N6O. The molecule has 0 aliphatic carbocycles. The molecule has 0 atom stereocenters. The van der Waals surface area contributed by atoms with Gasteiger partial charge in [0, 0.05) is 32.7 Å². The van der Waals surface area contributed by atoms with Gasteiger partial charge in [-0.3, -0.25) is 14.8 Å². The number of piperazine rings is 1. The van der Waals surface area contributed by atoms with Crippen LogP contribution >= 0.6 is 0 Å². The molecule has 3 rings (SSSR count). The van der Waals surface area contributed by atoms with Gasteiger partial charge in [-0.25, -0.2) is 0 Å². The molecule has 21 heavy (non-hydrogen) atoms. The van der Waals surface area contributed by atoms with E-state index in [0.29, 0.717) is 13.1 Å². The molecule has 2 aromatic rings. The average Bonchev–Trinajstić information content (AvgIpc) is 2.95. The fourth-order valence-electron chi connectivity index (χ4n) is 2.47. The number of nitrogens with zero attached hydrogens (tertiary/aromatic N) is 4. The quantitative estimate of drug-likeness (QED) is 0.849. The van der Waals surface area contributed by atoms with Crippen molar-refractivity contribution in [1.82, 2.24) is 25.0 Å². The maximum atomic E-state index is 12.2. The van der Waals surface area contributed by atoms with E-state index in [-0.39, 0.29) is 17.7 Å². The van der Waals surface area contributed by atoms with Gasteiger partial charge in [0.25, 0.3) is 5.91 Å². The number of rotatable bonds is 3. The van der Waals surface area contributed by atoms with Crippen molar-refractivity contribution in [2.45, 2.75) is 6.54 Å². The van der Waals surface area contributed by atoms with E-state index in [1.807, 2.05) is 18.2 Å². The lowest BCUT2D eigenvalue weighted by Crippen LogP contribution is -2.48. The molecule has 0 bridgehead atoms. The number of carbonyl (C=O) groups excluding carboxylic acids is 1. The Balaban J connectivity index is 1.54. The van der Waals surface area contributed by atoms with Crippen molar-refractivity contribution in [2.75, 3.05) is 31.9 Å². The van der Waals surface area contributed by atoms with E-state index in [9.17, 15) is 4.79 Å². The molecule has 7 nitrogen and oxygen atoms in total. The topological polar surface area (TPSA) is 91.1 Å². The first-order chi connectivity index (χ1) is 10.2. The van der Waals surface area contributed by atoms with Crippen LogP contribution < -0.4 is 5.73 Å². The van der Waals surface area contributed by atoms with Crippen LogP contribution in [0, 0.1) is 0 Å². The molecule has 0 radical (unpaired) electrons. The highest BCUT2D eigenvalue weighted by Crippen LogP contribution is 2.10. The Hall–Kier alpha value is -2.41. The third-order valence-corrected chi connectivity index (χ3v) is 3.61. The highest BCUT2D eigenvalue weighted by Gasteiger charge is 2.24. The summed E-state index contributed by atoms with van der Waals surface area (Å²) in [5.74, 6) is 0.170. The molecule has 1 aliphatic rings. The van der Waals surface area contributed by atoms with Crippen LogP contribution in [0.2, 0.25) is 0 Å². The summed E-state index contributed by atoms with van der Waals surface area (Å²) >= 11 is 0. The molecule has 0 unspecified atom stereocenters. The average molecular weight is 286 g/mol. The number of H-pyrrole nitrogens is 1.